The number of carbonyl (C=O) groups is 1. The topological polar surface area (TPSA) is 47.4 Å². The van der Waals surface area contributed by atoms with Crippen LogP contribution < -0.4 is 0 Å². The van der Waals surface area contributed by atoms with Gasteiger partial charge in [0.1, 0.15) is 0 Å². The van der Waals surface area contributed by atoms with Crippen LogP contribution in [0.1, 0.15) is 22.3 Å². The van der Waals surface area contributed by atoms with Gasteiger partial charge in [-0.15, -0.1) is 0 Å². The van der Waals surface area contributed by atoms with Gasteiger partial charge in [0, 0.05) is 32.3 Å². The number of ether oxygens (including phenoxy) is 1. The van der Waals surface area contributed by atoms with Crippen molar-refractivity contribution in [2.45, 2.75) is 25.0 Å². The van der Waals surface area contributed by atoms with Crippen LogP contribution in [0.4, 0.5) is 0 Å². The van der Waals surface area contributed by atoms with E-state index < -0.39 is 0 Å². The lowest BCUT2D eigenvalue weighted by Gasteiger charge is -2.27. The molecule has 1 amide bonds. The summed E-state index contributed by atoms with van der Waals surface area (Å²) in [5.74, 6) is 0.102. The predicted molar refractivity (Wildman–Crippen MR) is 81.5 cm³/mol. The summed E-state index contributed by atoms with van der Waals surface area (Å²) in [7, 11) is 3.62. The zero-order valence-corrected chi connectivity index (χ0v) is 13.0. The fraction of sp³-hybridized carbons (Fsp3) is 0.467. The maximum Gasteiger partial charge on any atom is 0.255 e. The molecule has 0 unspecified atom stereocenters. The Bertz CT molecular complexity index is 608. The normalized spacial score (nSPS) is 21.9. The minimum atomic E-state index is 0.0756. The van der Waals surface area contributed by atoms with E-state index in [9.17, 15) is 4.79 Å². The molecule has 3 rings (SSSR count). The second-order valence-corrected chi connectivity index (χ2v) is 6.15. The van der Waals surface area contributed by atoms with Crippen LogP contribution in [-0.2, 0) is 18.2 Å². The van der Waals surface area contributed by atoms with Gasteiger partial charge in [-0.2, -0.15) is 16.4 Å². The van der Waals surface area contributed by atoms with Crippen LogP contribution in [0.25, 0.3) is 0 Å². The van der Waals surface area contributed by atoms with Crippen molar-refractivity contribution in [1.82, 2.24) is 14.7 Å². The maximum atomic E-state index is 12.6. The molecule has 1 aliphatic heterocycles. The lowest BCUT2D eigenvalue weighted by Crippen LogP contribution is -2.41. The Morgan fingerprint density at radius 2 is 2.43 bits per heavy atom. The van der Waals surface area contributed by atoms with Crippen molar-refractivity contribution in [1.29, 1.82) is 0 Å². The van der Waals surface area contributed by atoms with Gasteiger partial charge in [0.25, 0.3) is 5.91 Å². The Hall–Kier alpha value is -1.66. The Morgan fingerprint density at radius 3 is 3.05 bits per heavy atom. The van der Waals surface area contributed by atoms with E-state index in [1.807, 2.05) is 41.2 Å². The molecule has 0 spiro atoms. The molecule has 1 fully saturated rings. The van der Waals surface area contributed by atoms with Gasteiger partial charge in [-0.25, -0.2) is 0 Å². The standard InChI is InChI=1S/C15H19N3O2S/c1-17-9-11(8-16-17)7-13-14(20-2)3-5-18(13)15(19)12-4-6-21-10-12/h4,6,8-10,13-14H,3,5,7H2,1-2H3/t13-,14+/m0/s1. The van der Waals surface area contributed by atoms with Crippen molar-refractivity contribution in [2.24, 2.45) is 7.05 Å². The zero-order valence-electron chi connectivity index (χ0n) is 12.2. The summed E-state index contributed by atoms with van der Waals surface area (Å²) in [5, 5.41) is 8.05. The molecule has 0 N–H and O–H groups in total. The smallest absolute Gasteiger partial charge is 0.255 e. The lowest BCUT2D eigenvalue weighted by atomic mass is 10.0. The van der Waals surface area contributed by atoms with Crippen LogP contribution in [0, 0.1) is 0 Å². The fourth-order valence-electron chi connectivity index (χ4n) is 2.96. The zero-order chi connectivity index (χ0) is 14.8. The summed E-state index contributed by atoms with van der Waals surface area (Å²) in [4.78, 5) is 14.6. The molecule has 0 bridgehead atoms. The molecule has 112 valence electrons. The van der Waals surface area contributed by atoms with Gasteiger partial charge >= 0.3 is 0 Å². The molecule has 1 aliphatic rings. The summed E-state index contributed by atoms with van der Waals surface area (Å²) in [6.07, 6.45) is 5.61. The van der Waals surface area contributed by atoms with Gasteiger partial charge in [-0.1, -0.05) is 0 Å². The number of thiophene rings is 1. The van der Waals surface area contributed by atoms with Crippen LogP contribution in [0.2, 0.25) is 0 Å². The SMILES string of the molecule is CO[C@@H]1CCN(C(=O)c2ccsc2)[C@H]1Cc1cnn(C)c1. The Morgan fingerprint density at radius 1 is 1.57 bits per heavy atom. The Balaban J connectivity index is 1.80. The Labute approximate surface area is 128 Å². The monoisotopic (exact) mass is 305 g/mol. The van der Waals surface area contributed by atoms with Crippen LogP contribution in [0.15, 0.2) is 29.2 Å². The highest BCUT2D eigenvalue weighted by Gasteiger charge is 2.37. The number of hydrogen-bond acceptors (Lipinski definition) is 4. The Kier molecular flexibility index (Phi) is 4.07. The highest BCUT2D eigenvalue weighted by atomic mass is 32.1. The average molecular weight is 305 g/mol. The number of nitrogens with zero attached hydrogens (tertiary/aromatic N) is 3. The lowest BCUT2D eigenvalue weighted by molar-refractivity contribution is 0.0509. The molecule has 2 atom stereocenters. The number of amides is 1. The molecule has 0 saturated carbocycles. The van der Waals surface area contributed by atoms with Gasteiger partial charge in [0.2, 0.25) is 0 Å². The molecule has 0 radical (unpaired) electrons. The first-order valence-corrected chi connectivity index (χ1v) is 7.97. The van der Waals surface area contributed by atoms with E-state index in [0.717, 1.165) is 30.5 Å². The minimum absolute atomic E-state index is 0.0756. The second kappa shape index (κ2) is 5.99. The number of aryl methyl sites for hydroxylation is 1. The summed E-state index contributed by atoms with van der Waals surface area (Å²) in [5.41, 5.74) is 1.91. The molecule has 6 heteroatoms. The van der Waals surface area contributed by atoms with Gasteiger partial charge in [0.15, 0.2) is 0 Å². The van der Waals surface area contributed by atoms with Crippen LogP contribution in [-0.4, -0.2) is 46.4 Å². The number of likely N-dealkylation sites (tertiary alicyclic amines) is 1. The third-order valence-electron chi connectivity index (χ3n) is 4.02. The molecule has 2 aromatic rings. The van der Waals surface area contributed by atoms with Crippen LogP contribution in [0.5, 0.6) is 0 Å². The number of rotatable bonds is 4. The van der Waals surface area contributed by atoms with E-state index >= 15 is 0 Å². The van der Waals surface area contributed by atoms with Gasteiger partial charge in [-0.3, -0.25) is 9.48 Å². The van der Waals surface area contributed by atoms with Crippen molar-refractivity contribution < 1.29 is 9.53 Å². The first-order chi connectivity index (χ1) is 10.2. The molecule has 3 heterocycles. The molecule has 21 heavy (non-hydrogen) atoms. The minimum Gasteiger partial charge on any atom is -0.379 e. The molecular weight excluding hydrogens is 286 g/mol. The van der Waals surface area contributed by atoms with E-state index in [2.05, 4.69) is 5.10 Å². The van der Waals surface area contributed by atoms with Crippen molar-refractivity contribution in [3.05, 3.63) is 40.3 Å². The van der Waals surface area contributed by atoms with Gasteiger partial charge < -0.3 is 9.64 Å². The first kappa shape index (κ1) is 14.3. The first-order valence-electron chi connectivity index (χ1n) is 7.02. The second-order valence-electron chi connectivity index (χ2n) is 5.37. The van der Waals surface area contributed by atoms with E-state index in [1.165, 1.54) is 0 Å². The third-order valence-corrected chi connectivity index (χ3v) is 4.70. The summed E-state index contributed by atoms with van der Waals surface area (Å²) < 4.78 is 7.37. The summed E-state index contributed by atoms with van der Waals surface area (Å²) >= 11 is 1.55. The van der Waals surface area contributed by atoms with Gasteiger partial charge in [-0.05, 0) is 29.9 Å². The summed E-state index contributed by atoms with van der Waals surface area (Å²) in [6.45, 7) is 0.748. The van der Waals surface area contributed by atoms with Crippen molar-refractivity contribution in [3.63, 3.8) is 0 Å². The fourth-order valence-corrected chi connectivity index (χ4v) is 3.59. The largest absolute Gasteiger partial charge is 0.379 e. The van der Waals surface area contributed by atoms with Gasteiger partial charge in [0.05, 0.1) is 23.9 Å². The molecule has 1 saturated heterocycles. The molecule has 0 aliphatic carbocycles. The molecule has 5 nitrogen and oxygen atoms in total. The average Bonchev–Trinajstić information content (AvgIpc) is 3.19. The number of carbonyl (C=O) groups excluding carboxylic acids is 1. The molecule has 0 aromatic carbocycles. The van der Waals surface area contributed by atoms with E-state index in [0.29, 0.717) is 0 Å². The predicted octanol–water partition coefficient (Wildman–Crippen LogP) is 1.95. The van der Waals surface area contributed by atoms with Crippen molar-refractivity contribution in [2.75, 3.05) is 13.7 Å². The number of hydrogen-bond donors (Lipinski definition) is 0. The quantitative estimate of drug-likeness (QED) is 0.867. The van der Waals surface area contributed by atoms with Crippen molar-refractivity contribution >= 4 is 17.2 Å². The molecular formula is C15H19N3O2S. The number of aromatic nitrogens is 2. The summed E-state index contributed by atoms with van der Waals surface area (Å²) in [6, 6.07) is 1.96. The highest BCUT2D eigenvalue weighted by Crippen LogP contribution is 2.26. The van der Waals surface area contributed by atoms with E-state index in [1.54, 1.807) is 23.1 Å². The van der Waals surface area contributed by atoms with Crippen LogP contribution >= 0.6 is 11.3 Å². The maximum absolute atomic E-state index is 12.6. The van der Waals surface area contributed by atoms with Crippen LogP contribution in [0.3, 0.4) is 0 Å². The highest BCUT2D eigenvalue weighted by molar-refractivity contribution is 7.08. The van der Waals surface area contributed by atoms with E-state index in [4.69, 9.17) is 4.74 Å². The third kappa shape index (κ3) is 2.87. The number of methoxy groups -OCH3 is 1. The molecule has 2 aromatic heterocycles. The van der Waals surface area contributed by atoms with E-state index in [-0.39, 0.29) is 18.1 Å². The van der Waals surface area contributed by atoms with Crippen molar-refractivity contribution in [3.8, 4) is 0 Å².